The van der Waals surface area contributed by atoms with Crippen LogP contribution in [0, 0.1) is 11.3 Å². The minimum absolute atomic E-state index is 0.0995. The van der Waals surface area contributed by atoms with Crippen LogP contribution in [0.15, 0.2) is 70.5 Å². The summed E-state index contributed by atoms with van der Waals surface area (Å²) in [4.78, 5) is 12.2. The second kappa shape index (κ2) is 9.64. The molecule has 0 aliphatic carbocycles. The van der Waals surface area contributed by atoms with Gasteiger partial charge in [0.1, 0.15) is 11.9 Å². The number of nitrogens with zero attached hydrogens (tertiary/aromatic N) is 1. The largest absolute Gasteiger partial charge is 0.462 e. The molecule has 134 valence electrons. The Bertz CT molecular complexity index is 811. The molecule has 6 heteroatoms. The molecule has 0 saturated carbocycles. The van der Waals surface area contributed by atoms with Gasteiger partial charge >= 0.3 is 5.97 Å². The minimum Gasteiger partial charge on any atom is -0.462 e. The fraction of sp³-hybridized carbons (Fsp3) is 0.200. The average molecular weight is 414 g/mol. The summed E-state index contributed by atoms with van der Waals surface area (Å²) in [5.74, 6) is -0.355. The first-order valence-corrected chi connectivity index (χ1v) is 9.00. The molecule has 0 unspecified atom stereocenters. The smallest absolute Gasteiger partial charge is 0.352 e. The summed E-state index contributed by atoms with van der Waals surface area (Å²) in [5, 5.41) is 15.8. The maximum absolute atomic E-state index is 12.2. The number of nitrogens with one attached hydrogen (secondary N) is 2. The molecule has 0 fully saturated rings. The van der Waals surface area contributed by atoms with Crippen LogP contribution in [0.4, 0.5) is 5.69 Å². The summed E-state index contributed by atoms with van der Waals surface area (Å²) in [5.41, 5.74) is 1.68. The number of carbonyl (C=O) groups is 1. The van der Waals surface area contributed by atoms with Crippen LogP contribution in [0.1, 0.15) is 25.5 Å². The number of carbonyl (C=O) groups excluding carboxylic acids is 1. The van der Waals surface area contributed by atoms with Gasteiger partial charge in [0.15, 0.2) is 5.57 Å². The zero-order valence-electron chi connectivity index (χ0n) is 14.6. The minimum atomic E-state index is -0.664. The number of esters is 1. The lowest BCUT2D eigenvalue weighted by Gasteiger charge is -2.21. The molecule has 0 aliphatic heterocycles. The van der Waals surface area contributed by atoms with Gasteiger partial charge in [-0.25, -0.2) is 4.79 Å². The Hall–Kier alpha value is -2.78. The third-order valence-corrected chi connectivity index (χ3v) is 4.14. The van der Waals surface area contributed by atoms with Crippen molar-refractivity contribution in [2.75, 3.05) is 11.9 Å². The number of hydrogen-bond donors (Lipinski definition) is 2. The summed E-state index contributed by atoms with van der Waals surface area (Å²) >= 11 is 3.39. The predicted octanol–water partition coefficient (Wildman–Crippen LogP) is 4.51. The number of rotatable bonds is 7. The molecule has 0 saturated heterocycles. The third-order valence-electron chi connectivity index (χ3n) is 3.62. The number of halogens is 1. The van der Waals surface area contributed by atoms with Crippen LogP contribution < -0.4 is 10.6 Å². The van der Waals surface area contributed by atoms with E-state index in [0.29, 0.717) is 5.82 Å². The third kappa shape index (κ3) is 5.36. The lowest BCUT2D eigenvalue weighted by atomic mass is 10.1. The highest BCUT2D eigenvalue weighted by atomic mass is 79.9. The topological polar surface area (TPSA) is 74.2 Å². The van der Waals surface area contributed by atoms with Gasteiger partial charge in [-0.2, -0.15) is 5.26 Å². The molecular weight excluding hydrogens is 394 g/mol. The van der Waals surface area contributed by atoms with Gasteiger partial charge in [0.05, 0.1) is 6.61 Å². The lowest BCUT2D eigenvalue weighted by Crippen LogP contribution is -2.27. The monoisotopic (exact) mass is 413 g/mol. The van der Waals surface area contributed by atoms with E-state index in [2.05, 4.69) is 26.6 Å². The predicted molar refractivity (Wildman–Crippen MR) is 105 cm³/mol. The quantitative estimate of drug-likeness (QED) is 0.396. The molecule has 1 atom stereocenters. The van der Waals surface area contributed by atoms with Crippen molar-refractivity contribution in [1.82, 2.24) is 5.32 Å². The van der Waals surface area contributed by atoms with Crippen molar-refractivity contribution in [3.8, 4) is 6.07 Å². The Kier molecular flexibility index (Phi) is 7.24. The molecule has 0 amide bonds. The van der Waals surface area contributed by atoms with Gasteiger partial charge in [-0.1, -0.05) is 46.3 Å². The Morgan fingerprint density at radius 2 is 1.85 bits per heavy atom. The summed E-state index contributed by atoms with van der Waals surface area (Å²) < 4.78 is 5.95. The van der Waals surface area contributed by atoms with Crippen molar-refractivity contribution in [3.05, 3.63) is 76.0 Å². The molecule has 2 N–H and O–H groups in total. The molecule has 2 aromatic carbocycles. The Morgan fingerprint density at radius 3 is 2.42 bits per heavy atom. The van der Waals surface area contributed by atoms with E-state index >= 15 is 0 Å². The van der Waals surface area contributed by atoms with Crippen LogP contribution in [-0.2, 0) is 9.53 Å². The van der Waals surface area contributed by atoms with E-state index in [9.17, 15) is 10.1 Å². The zero-order chi connectivity index (χ0) is 18.9. The molecule has 0 spiro atoms. The van der Waals surface area contributed by atoms with Gasteiger partial charge in [-0.05, 0) is 43.7 Å². The molecule has 0 aliphatic rings. The zero-order valence-corrected chi connectivity index (χ0v) is 16.2. The highest BCUT2D eigenvalue weighted by Gasteiger charge is 2.19. The molecule has 5 nitrogen and oxygen atoms in total. The van der Waals surface area contributed by atoms with Crippen LogP contribution >= 0.6 is 15.9 Å². The van der Waals surface area contributed by atoms with E-state index in [-0.39, 0.29) is 18.2 Å². The van der Waals surface area contributed by atoms with Crippen LogP contribution in [0.3, 0.4) is 0 Å². The van der Waals surface area contributed by atoms with Crippen molar-refractivity contribution in [1.29, 1.82) is 5.26 Å². The van der Waals surface area contributed by atoms with Gasteiger partial charge in [0, 0.05) is 16.2 Å². The maximum Gasteiger partial charge on any atom is 0.352 e. The first-order valence-electron chi connectivity index (χ1n) is 8.20. The van der Waals surface area contributed by atoms with Crippen LogP contribution in [0.25, 0.3) is 0 Å². The van der Waals surface area contributed by atoms with Gasteiger partial charge in [0.25, 0.3) is 0 Å². The summed E-state index contributed by atoms with van der Waals surface area (Å²) in [6.45, 7) is 3.86. The molecule has 0 aromatic heterocycles. The molecule has 2 rings (SSSR count). The highest BCUT2D eigenvalue weighted by molar-refractivity contribution is 9.10. The first-order chi connectivity index (χ1) is 12.5. The van der Waals surface area contributed by atoms with Crippen molar-refractivity contribution >= 4 is 27.6 Å². The Balaban J connectivity index is 2.35. The van der Waals surface area contributed by atoms with Crippen molar-refractivity contribution in [3.63, 3.8) is 0 Å². The van der Waals surface area contributed by atoms with Crippen LogP contribution in [0.2, 0.25) is 0 Å². The summed E-state index contributed by atoms with van der Waals surface area (Å²) in [6, 6.07) is 19.0. The second-order valence-electron chi connectivity index (χ2n) is 5.49. The SMILES string of the molecule is CCOC(=O)/C(C#N)=C(/Nc1ccc(Br)cc1)N[C@H](C)c1ccccc1. The number of hydrogen-bond acceptors (Lipinski definition) is 5. The number of benzene rings is 2. The number of anilines is 1. The van der Waals surface area contributed by atoms with E-state index in [0.717, 1.165) is 15.7 Å². The standard InChI is InChI=1S/C20H20BrN3O2/c1-3-26-20(25)18(13-22)19(24-17-11-9-16(21)10-12-17)23-14(2)15-7-5-4-6-8-15/h4-12,14,23-24H,3H2,1-2H3/b19-18+/t14-/m1/s1. The molecular formula is C20H20BrN3O2. The van der Waals surface area contributed by atoms with Crippen molar-refractivity contribution < 1.29 is 9.53 Å². The van der Waals surface area contributed by atoms with Crippen LogP contribution in [-0.4, -0.2) is 12.6 Å². The van der Waals surface area contributed by atoms with E-state index in [1.807, 2.05) is 67.6 Å². The van der Waals surface area contributed by atoms with Gasteiger partial charge in [0.2, 0.25) is 0 Å². The first kappa shape index (κ1) is 19.5. The maximum atomic E-state index is 12.2. The summed E-state index contributed by atoms with van der Waals surface area (Å²) in [7, 11) is 0. The van der Waals surface area contributed by atoms with Crippen LogP contribution in [0.5, 0.6) is 0 Å². The van der Waals surface area contributed by atoms with E-state index < -0.39 is 5.97 Å². The summed E-state index contributed by atoms with van der Waals surface area (Å²) in [6.07, 6.45) is 0. The van der Waals surface area contributed by atoms with Gasteiger partial charge < -0.3 is 15.4 Å². The average Bonchev–Trinajstić information content (AvgIpc) is 2.65. The molecule has 0 bridgehead atoms. The van der Waals surface area contributed by atoms with Crippen molar-refractivity contribution in [2.24, 2.45) is 0 Å². The van der Waals surface area contributed by atoms with Crippen molar-refractivity contribution in [2.45, 2.75) is 19.9 Å². The Labute approximate surface area is 161 Å². The highest BCUT2D eigenvalue weighted by Crippen LogP contribution is 2.19. The fourth-order valence-electron chi connectivity index (χ4n) is 2.30. The fourth-order valence-corrected chi connectivity index (χ4v) is 2.56. The number of nitriles is 1. The van der Waals surface area contributed by atoms with E-state index in [1.165, 1.54) is 0 Å². The second-order valence-corrected chi connectivity index (χ2v) is 6.41. The van der Waals surface area contributed by atoms with Gasteiger partial charge in [-0.15, -0.1) is 0 Å². The molecule has 0 heterocycles. The van der Waals surface area contributed by atoms with E-state index in [1.54, 1.807) is 6.92 Å². The van der Waals surface area contributed by atoms with E-state index in [4.69, 9.17) is 4.74 Å². The van der Waals surface area contributed by atoms with Gasteiger partial charge in [-0.3, -0.25) is 0 Å². The number of ether oxygens (including phenoxy) is 1. The Morgan fingerprint density at radius 1 is 1.19 bits per heavy atom. The normalized spacial score (nSPS) is 12.4. The molecule has 0 radical (unpaired) electrons. The molecule has 2 aromatic rings. The lowest BCUT2D eigenvalue weighted by molar-refractivity contribution is -0.138. The molecule has 26 heavy (non-hydrogen) atoms.